The van der Waals surface area contributed by atoms with Gasteiger partial charge in [-0.25, -0.2) is 4.39 Å². The number of ketones is 2. The largest absolute Gasteiger partial charge is 0.507 e. The highest BCUT2D eigenvalue weighted by molar-refractivity contribution is 6.33. The predicted molar refractivity (Wildman–Crippen MR) is 299 cm³/mol. The summed E-state index contributed by atoms with van der Waals surface area (Å²) in [6, 6.07) is 3.24. The molecule has 1 aromatic heterocycles. The van der Waals surface area contributed by atoms with E-state index in [-0.39, 0.29) is 103 Å². The molecule has 1 saturated carbocycles. The van der Waals surface area contributed by atoms with Crippen molar-refractivity contribution in [2.45, 2.75) is 111 Å². The molecule has 10 rings (SSSR count). The van der Waals surface area contributed by atoms with Crippen molar-refractivity contribution in [3.63, 3.8) is 0 Å². The Kier molecular flexibility index (Phi) is 17.2. The normalized spacial score (nSPS) is 29.5. The number of morpholine rings is 1. The lowest BCUT2D eigenvalue weighted by Gasteiger charge is -2.38. The maximum absolute atomic E-state index is 15.8. The van der Waals surface area contributed by atoms with E-state index >= 15 is 14.0 Å². The van der Waals surface area contributed by atoms with Gasteiger partial charge >= 0.3 is 5.97 Å². The van der Waals surface area contributed by atoms with Crippen LogP contribution in [-0.2, 0) is 38.2 Å². The van der Waals surface area contributed by atoms with Crippen LogP contribution in [0, 0.1) is 43.3 Å². The Morgan fingerprint density at radius 3 is 2.23 bits per heavy atom. The summed E-state index contributed by atoms with van der Waals surface area (Å²) >= 11 is 0. The average molecular weight is 1140 g/mol. The second-order valence-corrected chi connectivity index (χ2v) is 22.5. The molecule has 22 heteroatoms. The number of pyridine rings is 1. The van der Waals surface area contributed by atoms with E-state index in [2.05, 4.69) is 10.5 Å². The molecule has 3 fully saturated rings. The van der Waals surface area contributed by atoms with E-state index in [1.807, 2.05) is 15.7 Å². The van der Waals surface area contributed by atoms with Crippen molar-refractivity contribution in [3.05, 3.63) is 110 Å². The van der Waals surface area contributed by atoms with Crippen molar-refractivity contribution < 1.29 is 72.2 Å². The predicted octanol–water partition coefficient (Wildman–Crippen LogP) is 5.27. The highest BCUT2D eigenvalue weighted by Gasteiger charge is 2.53. The molecule has 3 aromatic rings. The standard InChI is InChI=1S/C60H73FN6O15/c1-30-12-11-13-31(2)59(76)62-48-49(66-21-24-78-25-22-66)55(75)45-46(54(48)74)53(73)36(7)57-47(45)58(60(9,82-57)79-23-16-43(77-10)33(4)56(81-37(8)68)35(6)52(72)34(5)50(30)70)63-80-29-44(69)65-19-17-64(18-20-65)42-27-41-39(26-40(42)61)51(71)32(3)28-67(41)38-14-15-38/h11-13,16,23,26-28,30,33-35,38,43,50,52,56,70,72-73H,14-15,17-22,24-25,29H2,1-10H3,(H,62,76)/b12-11+,23-16+,31-13-,63-58+/t30-,33+,34+,35+,43-,50-,52+,56+,60-/m0/s1. The van der Waals surface area contributed by atoms with Gasteiger partial charge in [0.2, 0.25) is 11.6 Å². The van der Waals surface area contributed by atoms with E-state index < -0.39 is 113 Å². The number of benzene rings is 2. The van der Waals surface area contributed by atoms with Crippen LogP contribution in [0.25, 0.3) is 10.9 Å². The van der Waals surface area contributed by atoms with Gasteiger partial charge in [-0.05, 0) is 51.8 Å². The van der Waals surface area contributed by atoms with Gasteiger partial charge in [-0.3, -0.25) is 28.8 Å². The number of oxime groups is 1. The summed E-state index contributed by atoms with van der Waals surface area (Å²) in [7, 11) is 1.43. The number of nitrogens with zero attached hydrogens (tertiary/aromatic N) is 5. The monoisotopic (exact) mass is 1140 g/mol. The SMILES string of the molecule is CO[C@H]1/C=C/O[C@@]2(C)Oc3c(C)c(O)c4c(c3/C2=N\OCC(=O)N2CCN(c3cc5c(cc3F)c(=O)c(C)cn5C3CC3)CC2)C(=O)C(N2CCOCC2)=C(NC(=O)/C(C)=C\C=C\[C@H](C)[C@H](O)[C@@H](C)[C@@H](O)[C@@H](C)[C@H](OC(C)=O)[C@@H]1C)C4=O. The zero-order valence-corrected chi connectivity index (χ0v) is 47.9. The molecule has 2 aliphatic carbocycles. The number of Topliss-reactive ketones (excluding diaryl/α,β-unsaturated/α-hetero) is 2. The van der Waals surface area contributed by atoms with Crippen LogP contribution in [0.4, 0.5) is 10.1 Å². The number of amides is 2. The summed E-state index contributed by atoms with van der Waals surface area (Å²) in [5.74, 6) is -9.57. The first-order chi connectivity index (χ1) is 39.0. The van der Waals surface area contributed by atoms with Crippen LogP contribution in [-0.4, -0.2) is 161 Å². The molecular formula is C60H73FN6O15. The summed E-state index contributed by atoms with van der Waals surface area (Å²) in [5, 5.41) is 42.7. The molecular weight excluding hydrogens is 1060 g/mol. The number of aliphatic hydroxyl groups excluding tert-OH is 2. The number of fused-ring (bicyclic) bond motifs is 15. The number of esters is 1. The second-order valence-electron chi connectivity index (χ2n) is 22.5. The van der Waals surface area contributed by atoms with Crippen molar-refractivity contribution in [3.8, 4) is 11.5 Å². The number of ether oxygens (including phenoxy) is 5. The Labute approximate surface area is 474 Å². The number of phenols is 1. The lowest BCUT2D eigenvalue weighted by Crippen LogP contribution is -2.50. The molecule has 6 heterocycles. The van der Waals surface area contributed by atoms with Crippen LogP contribution in [0.2, 0.25) is 0 Å². The molecule has 21 nitrogen and oxygen atoms in total. The molecule has 0 radical (unpaired) electrons. The van der Waals surface area contributed by atoms with Gasteiger partial charge in [0, 0.05) is 118 Å². The molecule has 2 aromatic carbocycles. The smallest absolute Gasteiger partial charge is 0.302 e. The van der Waals surface area contributed by atoms with Crippen LogP contribution in [0.1, 0.15) is 105 Å². The highest BCUT2D eigenvalue weighted by atomic mass is 19.1. The fourth-order valence-electron chi connectivity index (χ4n) is 11.7. The molecule has 7 aliphatic rings. The molecule has 4 N–H and O–H groups in total. The quantitative estimate of drug-likeness (QED) is 0.165. The Morgan fingerprint density at radius 2 is 1.57 bits per heavy atom. The minimum Gasteiger partial charge on any atom is -0.507 e. The number of carbonyl (C=O) groups is 5. The van der Waals surface area contributed by atoms with E-state index in [1.54, 1.807) is 57.7 Å². The van der Waals surface area contributed by atoms with Gasteiger partial charge in [0.05, 0.1) is 65.7 Å². The van der Waals surface area contributed by atoms with Gasteiger partial charge in [-0.15, -0.1) is 0 Å². The Morgan fingerprint density at radius 1 is 0.878 bits per heavy atom. The second kappa shape index (κ2) is 23.8. The van der Waals surface area contributed by atoms with Gasteiger partial charge in [-0.2, -0.15) is 0 Å². The zero-order chi connectivity index (χ0) is 59.2. The zero-order valence-electron chi connectivity index (χ0n) is 47.9. The average Bonchev–Trinajstić information content (AvgIpc) is 1.81. The summed E-state index contributed by atoms with van der Waals surface area (Å²) in [6.07, 6.45) is 7.04. The van der Waals surface area contributed by atoms with E-state index in [9.17, 15) is 34.5 Å². The molecule has 2 amide bonds. The van der Waals surface area contributed by atoms with Crippen molar-refractivity contribution in [1.29, 1.82) is 0 Å². The molecule has 5 aliphatic heterocycles. The van der Waals surface area contributed by atoms with Crippen LogP contribution in [0.3, 0.4) is 0 Å². The van der Waals surface area contributed by atoms with Gasteiger partial charge < -0.3 is 68.4 Å². The number of piperazine rings is 1. The maximum Gasteiger partial charge on any atom is 0.302 e. The summed E-state index contributed by atoms with van der Waals surface area (Å²) in [5.41, 5.74) is -0.280. The number of nitrogens with one attached hydrogen (secondary N) is 1. The maximum atomic E-state index is 15.8. The first-order valence-corrected chi connectivity index (χ1v) is 27.9. The molecule has 0 unspecified atom stereocenters. The number of anilines is 1. The summed E-state index contributed by atoms with van der Waals surface area (Å²) < 4.78 is 48.2. The molecule has 2 saturated heterocycles. The number of hydrogen-bond donors (Lipinski definition) is 4. The number of halogens is 1. The van der Waals surface area contributed by atoms with Crippen LogP contribution in [0.5, 0.6) is 11.5 Å². The minimum atomic E-state index is -2.04. The highest BCUT2D eigenvalue weighted by Crippen LogP contribution is 2.50. The molecule has 5 bridgehead atoms. The van der Waals surface area contributed by atoms with Crippen LogP contribution < -0.4 is 20.4 Å². The molecule has 440 valence electrons. The third kappa shape index (κ3) is 11.3. The van der Waals surface area contributed by atoms with E-state index in [1.165, 1.54) is 64.2 Å². The van der Waals surface area contributed by atoms with E-state index in [4.69, 9.17) is 28.5 Å². The molecule has 9 atom stereocenters. The number of hydrogen-bond acceptors (Lipinski definition) is 18. The lowest BCUT2D eigenvalue weighted by molar-refractivity contribution is -0.160. The summed E-state index contributed by atoms with van der Waals surface area (Å²) in [6.45, 7) is 15.1. The first kappa shape index (κ1) is 59.2. The van der Waals surface area contributed by atoms with E-state index in [0.717, 1.165) is 12.8 Å². The fourth-order valence-corrected chi connectivity index (χ4v) is 11.7. The molecule has 82 heavy (non-hydrogen) atoms. The number of carbonyl (C=O) groups excluding carboxylic acids is 5. The van der Waals surface area contributed by atoms with Gasteiger partial charge in [-0.1, -0.05) is 51.1 Å². The number of allylic oxidation sites excluding steroid dienone is 4. The fraction of sp³-hybridized carbons (Fsp3) is 0.517. The van der Waals surface area contributed by atoms with Crippen molar-refractivity contribution in [1.82, 2.24) is 19.7 Å². The number of aliphatic hydroxyl groups is 2. The summed E-state index contributed by atoms with van der Waals surface area (Å²) in [4.78, 5) is 95.3. The third-order valence-electron chi connectivity index (χ3n) is 16.8. The topological polar surface area (TPSA) is 258 Å². The van der Waals surface area contributed by atoms with Crippen LogP contribution >= 0.6 is 0 Å². The first-order valence-electron chi connectivity index (χ1n) is 27.9. The number of methoxy groups -OCH3 is 1. The Hall–Kier alpha value is -7.40. The van der Waals surface area contributed by atoms with Gasteiger partial charge in [0.1, 0.15) is 34.8 Å². The minimum absolute atomic E-state index is 0.000398. The van der Waals surface area contributed by atoms with Crippen molar-refractivity contribution in [2.24, 2.45) is 28.8 Å². The number of aryl methyl sites for hydroxylation is 1. The molecule has 0 spiro atoms. The van der Waals surface area contributed by atoms with Crippen molar-refractivity contribution in [2.75, 3.05) is 71.1 Å². The van der Waals surface area contributed by atoms with Gasteiger partial charge in [0.25, 0.3) is 17.6 Å². The van der Waals surface area contributed by atoms with Gasteiger partial charge in [0.15, 0.2) is 17.7 Å². The lowest BCUT2D eigenvalue weighted by atomic mass is 9.78. The van der Waals surface area contributed by atoms with Crippen molar-refractivity contribution >= 4 is 51.7 Å². The number of aromatic hydroxyl groups is 1. The van der Waals surface area contributed by atoms with E-state index in [0.29, 0.717) is 22.2 Å². The Bertz CT molecular complexity index is 3290. The Balaban J connectivity index is 1.08. The third-order valence-corrected chi connectivity index (χ3v) is 16.8. The number of phenolic OH excluding ortho intramolecular Hbond substituents is 1. The van der Waals surface area contributed by atoms with Crippen LogP contribution in [0.15, 0.2) is 75.8 Å². The number of aromatic nitrogens is 1. The number of rotatable bonds is 8.